The molecule has 0 spiro atoms. The minimum absolute atomic E-state index is 0. The van der Waals surface area contributed by atoms with Gasteiger partial charge >= 0.3 is 0 Å². The summed E-state index contributed by atoms with van der Waals surface area (Å²) < 4.78 is 0. The summed E-state index contributed by atoms with van der Waals surface area (Å²) in [6.07, 6.45) is 1.16. The summed E-state index contributed by atoms with van der Waals surface area (Å²) >= 11 is 1.80. The van der Waals surface area contributed by atoms with E-state index in [1.807, 2.05) is 6.92 Å². The van der Waals surface area contributed by atoms with Crippen LogP contribution < -0.4 is 0 Å². The Bertz CT molecular complexity index is 635. The second kappa shape index (κ2) is 9.43. The van der Waals surface area contributed by atoms with Gasteiger partial charge in [0.25, 0.3) is 5.69 Å². The third-order valence-electron chi connectivity index (χ3n) is 4.00. The molecule has 140 valence electrons. The highest BCUT2D eigenvalue weighted by atomic mass is 35.5. The van der Waals surface area contributed by atoms with Gasteiger partial charge in [0.2, 0.25) is 0 Å². The molecule has 1 unspecified atom stereocenters. The largest absolute Gasteiger partial charge is 0.347 e. The smallest absolute Gasteiger partial charge is 0.269 e. The van der Waals surface area contributed by atoms with Gasteiger partial charge in [-0.3, -0.25) is 10.1 Å². The number of aliphatic imine (C=N–C) groups is 1. The number of hydrogen-bond donors (Lipinski definition) is 0. The van der Waals surface area contributed by atoms with Crippen LogP contribution in [0.2, 0.25) is 0 Å². The van der Waals surface area contributed by atoms with E-state index in [0.717, 1.165) is 35.1 Å². The van der Waals surface area contributed by atoms with Crippen molar-refractivity contribution in [2.45, 2.75) is 47.1 Å². The number of rotatable bonds is 6. The van der Waals surface area contributed by atoms with Gasteiger partial charge in [0.1, 0.15) is 0 Å². The maximum atomic E-state index is 10.9. The first kappa shape index (κ1) is 21.8. The first-order chi connectivity index (χ1) is 11.3. The number of nitrogens with zero attached hydrogens (tertiary/aromatic N) is 3. The zero-order valence-corrected chi connectivity index (χ0v) is 17.2. The molecule has 0 saturated carbocycles. The second-order valence-electron chi connectivity index (χ2n) is 7.26. The van der Waals surface area contributed by atoms with Gasteiger partial charge in [-0.25, -0.2) is 4.99 Å². The van der Waals surface area contributed by atoms with E-state index in [4.69, 9.17) is 4.99 Å². The van der Waals surface area contributed by atoms with Crippen LogP contribution in [-0.2, 0) is 0 Å². The standard InChI is InChI=1S/C18H27N3O2S.ClH/c1-12(2)8-16-11-24-18(20(16)10-13(3)4)19-17-7-6-15(21(22)23)9-14(17)5;/h6-7,9,12-13,16H,8,10-11H2,1-5H3;1H. The van der Waals surface area contributed by atoms with Crippen molar-refractivity contribution in [2.24, 2.45) is 16.8 Å². The lowest BCUT2D eigenvalue weighted by Crippen LogP contribution is -2.37. The number of benzene rings is 1. The summed E-state index contributed by atoms with van der Waals surface area (Å²) in [6, 6.07) is 5.40. The van der Waals surface area contributed by atoms with E-state index in [1.165, 1.54) is 6.07 Å². The molecule has 1 aliphatic heterocycles. The van der Waals surface area contributed by atoms with Crippen molar-refractivity contribution in [3.05, 3.63) is 33.9 Å². The highest BCUT2D eigenvalue weighted by Gasteiger charge is 2.31. The number of halogens is 1. The molecule has 1 saturated heterocycles. The minimum Gasteiger partial charge on any atom is -0.347 e. The summed E-state index contributed by atoms with van der Waals surface area (Å²) in [7, 11) is 0. The van der Waals surface area contributed by atoms with E-state index in [0.29, 0.717) is 17.9 Å². The van der Waals surface area contributed by atoms with Crippen LogP contribution in [-0.4, -0.2) is 33.3 Å². The number of nitro groups is 1. The van der Waals surface area contributed by atoms with Gasteiger partial charge in [-0.2, -0.15) is 0 Å². The van der Waals surface area contributed by atoms with Crippen molar-refractivity contribution in [1.29, 1.82) is 0 Å². The van der Waals surface area contributed by atoms with Gasteiger partial charge in [-0.05, 0) is 36.8 Å². The summed E-state index contributed by atoms with van der Waals surface area (Å²) in [6.45, 7) is 11.8. The molecular formula is C18H28ClN3O2S. The predicted octanol–water partition coefficient (Wildman–Crippen LogP) is 5.43. The number of amidine groups is 1. The molecule has 0 bridgehead atoms. The Labute approximate surface area is 160 Å². The first-order valence-electron chi connectivity index (χ1n) is 8.51. The molecule has 2 rings (SSSR count). The van der Waals surface area contributed by atoms with Gasteiger partial charge in [0.05, 0.1) is 10.6 Å². The maximum absolute atomic E-state index is 10.9. The molecule has 0 aliphatic carbocycles. The predicted molar refractivity (Wildman–Crippen MR) is 109 cm³/mol. The highest BCUT2D eigenvalue weighted by molar-refractivity contribution is 8.14. The lowest BCUT2D eigenvalue weighted by molar-refractivity contribution is -0.384. The number of thioether (sulfide) groups is 1. The van der Waals surface area contributed by atoms with Crippen molar-refractivity contribution in [3.8, 4) is 0 Å². The van der Waals surface area contributed by atoms with Crippen LogP contribution >= 0.6 is 24.2 Å². The van der Waals surface area contributed by atoms with Crippen molar-refractivity contribution >= 4 is 40.7 Å². The van der Waals surface area contributed by atoms with Gasteiger partial charge in [-0.15, -0.1) is 12.4 Å². The Morgan fingerprint density at radius 2 is 2.00 bits per heavy atom. The molecule has 0 N–H and O–H groups in total. The number of hydrogen-bond acceptors (Lipinski definition) is 4. The summed E-state index contributed by atoms with van der Waals surface area (Å²) in [5.74, 6) is 2.29. The van der Waals surface area contributed by atoms with Crippen LogP contribution in [0.25, 0.3) is 0 Å². The Morgan fingerprint density at radius 1 is 1.32 bits per heavy atom. The molecule has 0 aromatic heterocycles. The monoisotopic (exact) mass is 385 g/mol. The Kier molecular flexibility index (Phi) is 8.22. The average molecular weight is 386 g/mol. The second-order valence-corrected chi connectivity index (χ2v) is 8.25. The van der Waals surface area contributed by atoms with E-state index in [9.17, 15) is 10.1 Å². The molecular weight excluding hydrogens is 358 g/mol. The zero-order valence-electron chi connectivity index (χ0n) is 15.6. The van der Waals surface area contributed by atoms with Crippen molar-refractivity contribution in [2.75, 3.05) is 12.3 Å². The third kappa shape index (κ3) is 5.89. The molecule has 25 heavy (non-hydrogen) atoms. The fourth-order valence-corrected chi connectivity index (χ4v) is 4.15. The van der Waals surface area contributed by atoms with Crippen molar-refractivity contribution in [1.82, 2.24) is 4.90 Å². The molecule has 1 heterocycles. The number of nitro benzene ring substituents is 1. The normalized spacial score (nSPS) is 18.9. The van der Waals surface area contributed by atoms with Crippen LogP contribution in [0.15, 0.2) is 23.2 Å². The third-order valence-corrected chi connectivity index (χ3v) is 5.14. The number of non-ortho nitro benzene ring substituents is 1. The van der Waals surface area contributed by atoms with Crippen LogP contribution in [0.1, 0.15) is 39.7 Å². The summed E-state index contributed by atoms with van der Waals surface area (Å²) in [5.41, 5.74) is 1.78. The minimum atomic E-state index is -0.363. The fourth-order valence-electron chi connectivity index (χ4n) is 2.94. The van der Waals surface area contributed by atoms with E-state index in [2.05, 4.69) is 32.6 Å². The van der Waals surface area contributed by atoms with Gasteiger partial charge in [-0.1, -0.05) is 39.5 Å². The Balaban J connectivity index is 0.00000312. The lowest BCUT2D eigenvalue weighted by atomic mass is 10.0. The van der Waals surface area contributed by atoms with Crippen LogP contribution in [0.4, 0.5) is 11.4 Å². The molecule has 1 aromatic rings. The van der Waals surface area contributed by atoms with Crippen LogP contribution in [0.5, 0.6) is 0 Å². The first-order valence-corrected chi connectivity index (χ1v) is 9.49. The summed E-state index contributed by atoms with van der Waals surface area (Å²) in [5, 5.41) is 11.9. The molecule has 1 fully saturated rings. The molecule has 1 atom stereocenters. The Morgan fingerprint density at radius 3 is 2.52 bits per heavy atom. The molecule has 1 aliphatic rings. The van der Waals surface area contributed by atoms with Crippen molar-refractivity contribution < 1.29 is 4.92 Å². The zero-order chi connectivity index (χ0) is 17.9. The maximum Gasteiger partial charge on any atom is 0.269 e. The molecule has 5 nitrogen and oxygen atoms in total. The van der Waals surface area contributed by atoms with Gasteiger partial charge in [0.15, 0.2) is 5.17 Å². The molecule has 7 heteroatoms. The average Bonchev–Trinajstić information content (AvgIpc) is 2.82. The Hall–Kier alpha value is -1.27. The number of aryl methyl sites for hydroxylation is 1. The van der Waals surface area contributed by atoms with E-state index in [-0.39, 0.29) is 23.0 Å². The van der Waals surface area contributed by atoms with E-state index < -0.39 is 0 Å². The van der Waals surface area contributed by atoms with Crippen LogP contribution in [0.3, 0.4) is 0 Å². The lowest BCUT2D eigenvalue weighted by Gasteiger charge is -2.28. The SMILES string of the molecule is Cc1cc([N+](=O)[O-])ccc1N=C1SCC(CC(C)C)N1CC(C)C.Cl. The van der Waals surface area contributed by atoms with E-state index in [1.54, 1.807) is 23.9 Å². The summed E-state index contributed by atoms with van der Waals surface area (Å²) in [4.78, 5) is 17.8. The van der Waals surface area contributed by atoms with Gasteiger partial charge < -0.3 is 4.90 Å². The topological polar surface area (TPSA) is 58.7 Å². The quantitative estimate of drug-likeness (QED) is 0.483. The highest BCUT2D eigenvalue weighted by Crippen LogP contribution is 2.32. The van der Waals surface area contributed by atoms with Crippen LogP contribution in [0, 0.1) is 28.9 Å². The molecule has 0 radical (unpaired) electrons. The van der Waals surface area contributed by atoms with E-state index >= 15 is 0 Å². The molecule has 1 aromatic carbocycles. The van der Waals surface area contributed by atoms with Gasteiger partial charge in [0, 0.05) is 30.5 Å². The fraction of sp³-hybridized carbons (Fsp3) is 0.611. The van der Waals surface area contributed by atoms with Crippen molar-refractivity contribution in [3.63, 3.8) is 0 Å². The molecule has 0 amide bonds.